The third-order valence-electron chi connectivity index (χ3n) is 9.70. The van der Waals surface area contributed by atoms with E-state index in [2.05, 4.69) is 115 Å². The molecule has 6 aromatic carbocycles. The minimum Gasteiger partial charge on any atom is -0.457 e. The number of nitriles is 1. The molecule has 1 aliphatic rings. The summed E-state index contributed by atoms with van der Waals surface area (Å²) in [6, 6.07) is 52.1. The highest BCUT2D eigenvalue weighted by molar-refractivity contribution is 6.09. The SMILES string of the molecule is CC1(C)c2cc(-c3cc(-c4ccc(-n5c6ccccc6c6ccccc65)cc4)nc(-c4ccccc4)n3)ccc2Oc2cccc(C#N)c21. The number of ether oxygens (including phenoxy) is 1. The van der Waals surface area contributed by atoms with Gasteiger partial charge in [-0.25, -0.2) is 9.97 Å². The lowest BCUT2D eigenvalue weighted by Gasteiger charge is -2.35. The number of fused-ring (bicyclic) bond motifs is 5. The van der Waals surface area contributed by atoms with Crippen LogP contribution >= 0.6 is 0 Å². The highest BCUT2D eigenvalue weighted by Gasteiger charge is 2.36. The number of rotatable bonds is 4. The number of nitrogens with zero attached hydrogens (tertiary/aromatic N) is 4. The molecule has 0 aliphatic carbocycles. The van der Waals surface area contributed by atoms with Gasteiger partial charge in [-0.15, -0.1) is 0 Å². The minimum atomic E-state index is -0.452. The van der Waals surface area contributed by atoms with Crippen LogP contribution in [0.25, 0.3) is 61.4 Å². The maximum Gasteiger partial charge on any atom is 0.160 e. The van der Waals surface area contributed by atoms with Crippen molar-refractivity contribution in [3.05, 3.63) is 162 Å². The molecule has 0 unspecified atom stereocenters. The highest BCUT2D eigenvalue weighted by Crippen LogP contribution is 2.50. The van der Waals surface area contributed by atoms with Gasteiger partial charge in [0.25, 0.3) is 0 Å². The Balaban J connectivity index is 1.17. The molecule has 0 N–H and O–H groups in total. The molecule has 0 spiro atoms. The molecule has 0 bridgehead atoms. The summed E-state index contributed by atoms with van der Waals surface area (Å²) in [6.07, 6.45) is 0. The molecule has 1 aliphatic heterocycles. The second-order valence-electron chi connectivity index (χ2n) is 13.0. The van der Waals surface area contributed by atoms with Gasteiger partial charge in [0.15, 0.2) is 5.82 Å². The molecule has 0 amide bonds. The van der Waals surface area contributed by atoms with E-state index in [0.717, 1.165) is 56.4 Å². The van der Waals surface area contributed by atoms with Crippen LogP contribution < -0.4 is 4.74 Å². The lowest BCUT2D eigenvalue weighted by atomic mass is 9.73. The molecule has 8 aromatic rings. The van der Waals surface area contributed by atoms with Crippen molar-refractivity contribution in [3.8, 4) is 57.2 Å². The van der Waals surface area contributed by atoms with Crippen LogP contribution in [0.1, 0.15) is 30.5 Å². The van der Waals surface area contributed by atoms with Gasteiger partial charge >= 0.3 is 0 Å². The summed E-state index contributed by atoms with van der Waals surface area (Å²) in [4.78, 5) is 10.2. The first kappa shape index (κ1) is 28.7. The Kier molecular flexibility index (Phi) is 6.47. The largest absolute Gasteiger partial charge is 0.457 e. The van der Waals surface area contributed by atoms with E-state index in [4.69, 9.17) is 14.7 Å². The Labute approximate surface area is 284 Å². The maximum absolute atomic E-state index is 9.92. The first-order valence-electron chi connectivity index (χ1n) is 16.4. The predicted molar refractivity (Wildman–Crippen MR) is 196 cm³/mol. The average molecular weight is 631 g/mol. The highest BCUT2D eigenvalue weighted by atomic mass is 16.5. The zero-order valence-corrected chi connectivity index (χ0v) is 27.1. The number of benzene rings is 6. The normalized spacial score (nSPS) is 13.0. The number of aromatic nitrogens is 3. The molecule has 3 heterocycles. The van der Waals surface area contributed by atoms with Gasteiger partial charge in [-0.3, -0.25) is 0 Å². The molecule has 5 nitrogen and oxygen atoms in total. The summed E-state index contributed by atoms with van der Waals surface area (Å²) in [7, 11) is 0. The van der Waals surface area contributed by atoms with E-state index in [1.807, 2.05) is 54.6 Å². The van der Waals surface area contributed by atoms with Crippen LogP contribution in [0, 0.1) is 11.3 Å². The van der Waals surface area contributed by atoms with Gasteiger partial charge in [0.2, 0.25) is 0 Å². The lowest BCUT2D eigenvalue weighted by Crippen LogP contribution is -2.25. The number of para-hydroxylation sites is 2. The topological polar surface area (TPSA) is 63.7 Å². The molecule has 0 atom stereocenters. The van der Waals surface area contributed by atoms with Gasteiger partial charge in [-0.05, 0) is 60.7 Å². The van der Waals surface area contributed by atoms with Gasteiger partial charge in [-0.1, -0.05) is 98.8 Å². The Bertz CT molecular complexity index is 2560. The molecular weight excluding hydrogens is 601 g/mol. The van der Waals surface area contributed by atoms with E-state index >= 15 is 0 Å². The van der Waals surface area contributed by atoms with Crippen molar-refractivity contribution in [2.24, 2.45) is 0 Å². The maximum atomic E-state index is 9.92. The molecule has 0 saturated carbocycles. The molecule has 49 heavy (non-hydrogen) atoms. The Morgan fingerprint density at radius 3 is 1.92 bits per heavy atom. The Morgan fingerprint density at radius 1 is 0.592 bits per heavy atom. The first-order chi connectivity index (χ1) is 24.0. The van der Waals surface area contributed by atoms with Crippen molar-refractivity contribution in [2.75, 3.05) is 0 Å². The minimum absolute atomic E-state index is 0.452. The van der Waals surface area contributed by atoms with Gasteiger partial charge in [0.1, 0.15) is 11.5 Å². The van der Waals surface area contributed by atoms with E-state index in [-0.39, 0.29) is 0 Å². The quantitative estimate of drug-likeness (QED) is 0.194. The monoisotopic (exact) mass is 630 g/mol. The van der Waals surface area contributed by atoms with Crippen molar-refractivity contribution in [3.63, 3.8) is 0 Å². The zero-order valence-electron chi connectivity index (χ0n) is 27.1. The van der Waals surface area contributed by atoms with Crippen LogP contribution in [0.3, 0.4) is 0 Å². The van der Waals surface area contributed by atoms with Crippen LogP contribution in [0.5, 0.6) is 11.5 Å². The van der Waals surface area contributed by atoms with E-state index in [1.54, 1.807) is 0 Å². The predicted octanol–water partition coefficient (Wildman–Crippen LogP) is 10.9. The van der Waals surface area contributed by atoms with Crippen molar-refractivity contribution >= 4 is 21.8 Å². The molecule has 0 saturated heterocycles. The first-order valence-corrected chi connectivity index (χ1v) is 16.4. The number of hydrogen-bond acceptors (Lipinski definition) is 4. The lowest BCUT2D eigenvalue weighted by molar-refractivity contribution is 0.417. The zero-order chi connectivity index (χ0) is 33.1. The molecule has 0 fully saturated rings. The summed E-state index contributed by atoms with van der Waals surface area (Å²) >= 11 is 0. The van der Waals surface area contributed by atoms with Gasteiger partial charge in [-0.2, -0.15) is 5.26 Å². The number of hydrogen-bond donors (Lipinski definition) is 0. The summed E-state index contributed by atoms with van der Waals surface area (Å²) < 4.78 is 8.66. The second kappa shape index (κ2) is 11.0. The fraction of sp³-hybridized carbons (Fsp3) is 0.0682. The smallest absolute Gasteiger partial charge is 0.160 e. The van der Waals surface area contributed by atoms with Crippen LogP contribution in [0.15, 0.2) is 146 Å². The summed E-state index contributed by atoms with van der Waals surface area (Å²) in [5, 5.41) is 12.4. The van der Waals surface area contributed by atoms with E-state index < -0.39 is 5.41 Å². The molecule has 9 rings (SSSR count). The van der Waals surface area contributed by atoms with Crippen molar-refractivity contribution < 1.29 is 4.74 Å². The van der Waals surface area contributed by atoms with E-state index in [1.165, 1.54) is 21.8 Å². The molecule has 5 heteroatoms. The van der Waals surface area contributed by atoms with Crippen LogP contribution in [0.2, 0.25) is 0 Å². The van der Waals surface area contributed by atoms with Gasteiger partial charge in [0.05, 0.1) is 34.1 Å². The van der Waals surface area contributed by atoms with Gasteiger partial charge in [0, 0.05) is 49.7 Å². The van der Waals surface area contributed by atoms with Crippen molar-refractivity contribution in [2.45, 2.75) is 19.3 Å². The fourth-order valence-corrected chi connectivity index (χ4v) is 7.32. The van der Waals surface area contributed by atoms with Crippen molar-refractivity contribution in [1.29, 1.82) is 5.26 Å². The molecule has 0 radical (unpaired) electrons. The summed E-state index contributed by atoms with van der Waals surface area (Å²) in [6.45, 7) is 4.30. The van der Waals surface area contributed by atoms with Crippen LogP contribution in [-0.4, -0.2) is 14.5 Å². The Hall–Kier alpha value is -6.51. The average Bonchev–Trinajstić information content (AvgIpc) is 3.49. The van der Waals surface area contributed by atoms with E-state index in [9.17, 15) is 5.26 Å². The van der Waals surface area contributed by atoms with Gasteiger partial charge < -0.3 is 9.30 Å². The summed E-state index contributed by atoms with van der Waals surface area (Å²) in [5.41, 5.74) is 10.1. The molecular formula is C44H30N4O. The summed E-state index contributed by atoms with van der Waals surface area (Å²) in [5.74, 6) is 2.17. The fourth-order valence-electron chi connectivity index (χ4n) is 7.32. The second-order valence-corrected chi connectivity index (χ2v) is 13.0. The van der Waals surface area contributed by atoms with Crippen LogP contribution in [0.4, 0.5) is 0 Å². The van der Waals surface area contributed by atoms with E-state index in [0.29, 0.717) is 11.4 Å². The third-order valence-corrected chi connectivity index (χ3v) is 9.70. The van der Waals surface area contributed by atoms with Crippen LogP contribution in [-0.2, 0) is 5.41 Å². The standard InChI is InChI=1S/C44H30N4O/c1-44(2)35-25-30(21-24-40(35)49-41-18-10-13-31(27-45)42(41)44)37-26-36(46-43(47-37)29-11-4-3-5-12-29)28-19-22-32(23-20-28)48-38-16-8-6-14-33(38)34-15-7-9-17-39(34)48/h3-26H,1-2H3. The van der Waals surface area contributed by atoms with Crippen molar-refractivity contribution in [1.82, 2.24) is 14.5 Å². The molecule has 232 valence electrons. The Morgan fingerprint density at radius 2 is 1.22 bits per heavy atom. The molecule has 2 aromatic heterocycles. The third kappa shape index (κ3) is 4.61.